The molecular weight excluding hydrogens is 246 g/mol. The lowest BCUT2D eigenvalue weighted by molar-refractivity contribution is 0.138. The van der Waals surface area contributed by atoms with Crippen molar-refractivity contribution in [2.24, 2.45) is 7.05 Å². The van der Waals surface area contributed by atoms with Gasteiger partial charge in [-0.05, 0) is 43.4 Å². The highest BCUT2D eigenvalue weighted by Crippen LogP contribution is 2.39. The van der Waals surface area contributed by atoms with Crippen molar-refractivity contribution in [2.75, 3.05) is 13.6 Å². The first-order chi connectivity index (χ1) is 9.72. The van der Waals surface area contributed by atoms with Gasteiger partial charge < -0.3 is 4.90 Å². The van der Waals surface area contributed by atoms with Crippen molar-refractivity contribution in [3.63, 3.8) is 0 Å². The van der Waals surface area contributed by atoms with Crippen LogP contribution in [0.25, 0.3) is 0 Å². The standard InChI is InChI=1S/C17H23N3/c1-19(9-8-14-12-18-20(2)13-14)17-10-16(11-17)15-6-4-3-5-7-15/h3-7,12-13,16-17H,8-11H2,1-2H3. The molecule has 1 saturated carbocycles. The fraction of sp³-hybridized carbons (Fsp3) is 0.471. The molecule has 2 aromatic rings. The average molecular weight is 269 g/mol. The molecule has 0 spiro atoms. The van der Waals surface area contributed by atoms with E-state index >= 15 is 0 Å². The molecule has 0 N–H and O–H groups in total. The first-order valence-electron chi connectivity index (χ1n) is 7.45. The predicted octanol–water partition coefficient (Wildman–Crippen LogP) is 2.84. The fourth-order valence-corrected chi connectivity index (χ4v) is 3.03. The van der Waals surface area contributed by atoms with Crippen LogP contribution >= 0.6 is 0 Å². The molecule has 0 amide bonds. The lowest BCUT2D eigenvalue weighted by Gasteiger charge is -2.41. The van der Waals surface area contributed by atoms with E-state index in [4.69, 9.17) is 0 Å². The van der Waals surface area contributed by atoms with E-state index in [1.807, 2.05) is 17.9 Å². The summed E-state index contributed by atoms with van der Waals surface area (Å²) in [6.45, 7) is 1.12. The minimum absolute atomic E-state index is 0.747. The van der Waals surface area contributed by atoms with Crippen LogP contribution in [0.15, 0.2) is 42.7 Å². The molecule has 0 saturated heterocycles. The zero-order chi connectivity index (χ0) is 13.9. The lowest BCUT2D eigenvalue weighted by atomic mass is 9.75. The summed E-state index contributed by atoms with van der Waals surface area (Å²) in [5.41, 5.74) is 2.84. The van der Waals surface area contributed by atoms with E-state index in [0.717, 1.165) is 24.9 Å². The number of rotatable bonds is 5. The second kappa shape index (κ2) is 5.80. The maximum Gasteiger partial charge on any atom is 0.0522 e. The smallest absolute Gasteiger partial charge is 0.0522 e. The zero-order valence-corrected chi connectivity index (χ0v) is 12.4. The van der Waals surface area contributed by atoms with E-state index in [0.29, 0.717) is 0 Å². The quantitative estimate of drug-likeness (QED) is 0.832. The van der Waals surface area contributed by atoms with Crippen LogP contribution < -0.4 is 0 Å². The minimum Gasteiger partial charge on any atom is -0.303 e. The van der Waals surface area contributed by atoms with Gasteiger partial charge in [-0.1, -0.05) is 30.3 Å². The molecule has 0 atom stereocenters. The molecule has 106 valence electrons. The highest BCUT2D eigenvalue weighted by atomic mass is 15.2. The molecule has 1 aliphatic carbocycles. The number of aryl methyl sites for hydroxylation is 1. The van der Waals surface area contributed by atoms with Gasteiger partial charge in [-0.3, -0.25) is 4.68 Å². The monoisotopic (exact) mass is 269 g/mol. The number of aromatic nitrogens is 2. The van der Waals surface area contributed by atoms with Crippen molar-refractivity contribution < 1.29 is 0 Å². The number of hydrogen-bond donors (Lipinski definition) is 0. The van der Waals surface area contributed by atoms with E-state index < -0.39 is 0 Å². The van der Waals surface area contributed by atoms with Gasteiger partial charge in [-0.2, -0.15) is 5.10 Å². The molecule has 1 fully saturated rings. The summed E-state index contributed by atoms with van der Waals surface area (Å²) in [7, 11) is 4.23. The van der Waals surface area contributed by atoms with Crippen LogP contribution in [0.5, 0.6) is 0 Å². The molecule has 1 heterocycles. The molecule has 3 rings (SSSR count). The molecule has 3 nitrogen and oxygen atoms in total. The Hall–Kier alpha value is -1.61. The first-order valence-corrected chi connectivity index (χ1v) is 7.45. The van der Waals surface area contributed by atoms with E-state index in [2.05, 4.69) is 53.6 Å². The van der Waals surface area contributed by atoms with Crippen molar-refractivity contribution in [1.82, 2.24) is 14.7 Å². The molecule has 0 radical (unpaired) electrons. The summed E-state index contributed by atoms with van der Waals surface area (Å²) in [4.78, 5) is 2.51. The average Bonchev–Trinajstić information content (AvgIpc) is 2.82. The SMILES string of the molecule is CN(CCc1cnn(C)c1)C1CC(c2ccccc2)C1. The van der Waals surface area contributed by atoms with Crippen LogP contribution in [0.2, 0.25) is 0 Å². The molecule has 0 aliphatic heterocycles. The fourth-order valence-electron chi connectivity index (χ4n) is 3.03. The van der Waals surface area contributed by atoms with Crippen molar-refractivity contribution in [3.05, 3.63) is 53.9 Å². The van der Waals surface area contributed by atoms with Crippen LogP contribution in [-0.2, 0) is 13.5 Å². The van der Waals surface area contributed by atoms with Crippen LogP contribution in [-0.4, -0.2) is 34.3 Å². The number of likely N-dealkylation sites (N-methyl/N-ethyl adjacent to an activating group) is 1. The third-order valence-corrected chi connectivity index (χ3v) is 4.52. The van der Waals surface area contributed by atoms with E-state index in [9.17, 15) is 0 Å². The van der Waals surface area contributed by atoms with Crippen LogP contribution in [0, 0.1) is 0 Å². The summed E-state index contributed by atoms with van der Waals surface area (Å²) in [5.74, 6) is 0.766. The molecule has 0 bridgehead atoms. The molecule has 20 heavy (non-hydrogen) atoms. The Bertz CT molecular complexity index is 540. The molecular formula is C17H23N3. The van der Waals surface area contributed by atoms with Crippen LogP contribution in [0.4, 0.5) is 0 Å². The molecule has 1 aliphatic rings. The van der Waals surface area contributed by atoms with Gasteiger partial charge in [0.25, 0.3) is 0 Å². The van der Waals surface area contributed by atoms with Gasteiger partial charge in [0.15, 0.2) is 0 Å². The minimum atomic E-state index is 0.747. The number of hydrogen-bond acceptors (Lipinski definition) is 2. The summed E-state index contributed by atoms with van der Waals surface area (Å²) < 4.78 is 1.88. The maximum absolute atomic E-state index is 4.22. The second-order valence-corrected chi connectivity index (χ2v) is 5.99. The Morgan fingerprint density at radius 3 is 2.65 bits per heavy atom. The summed E-state index contributed by atoms with van der Waals surface area (Å²) in [6.07, 6.45) is 7.78. The third-order valence-electron chi connectivity index (χ3n) is 4.52. The van der Waals surface area contributed by atoms with Gasteiger partial charge in [-0.25, -0.2) is 0 Å². The van der Waals surface area contributed by atoms with E-state index in [-0.39, 0.29) is 0 Å². The number of nitrogens with zero attached hydrogens (tertiary/aromatic N) is 3. The van der Waals surface area contributed by atoms with Gasteiger partial charge >= 0.3 is 0 Å². The van der Waals surface area contributed by atoms with Crippen LogP contribution in [0.3, 0.4) is 0 Å². The van der Waals surface area contributed by atoms with Gasteiger partial charge in [0.2, 0.25) is 0 Å². The summed E-state index contributed by atoms with van der Waals surface area (Å²) >= 11 is 0. The highest BCUT2D eigenvalue weighted by molar-refractivity contribution is 5.22. The zero-order valence-electron chi connectivity index (χ0n) is 12.4. The second-order valence-electron chi connectivity index (χ2n) is 5.99. The van der Waals surface area contributed by atoms with Crippen molar-refractivity contribution in [2.45, 2.75) is 31.2 Å². The van der Waals surface area contributed by atoms with Crippen molar-refractivity contribution in [3.8, 4) is 0 Å². The topological polar surface area (TPSA) is 21.1 Å². The van der Waals surface area contributed by atoms with Gasteiger partial charge in [0, 0.05) is 25.8 Å². The Balaban J connectivity index is 1.45. The highest BCUT2D eigenvalue weighted by Gasteiger charge is 2.32. The van der Waals surface area contributed by atoms with Gasteiger partial charge in [0.1, 0.15) is 0 Å². The third kappa shape index (κ3) is 2.93. The first kappa shape index (κ1) is 13.4. The summed E-state index contributed by atoms with van der Waals surface area (Å²) in [5, 5.41) is 4.22. The molecule has 1 aromatic carbocycles. The predicted molar refractivity (Wildman–Crippen MR) is 81.7 cm³/mol. The number of benzene rings is 1. The normalized spacial score (nSPS) is 21.9. The van der Waals surface area contributed by atoms with E-state index in [1.165, 1.54) is 24.0 Å². The van der Waals surface area contributed by atoms with Crippen LogP contribution in [0.1, 0.15) is 29.9 Å². The maximum atomic E-state index is 4.22. The molecule has 0 unspecified atom stereocenters. The Morgan fingerprint density at radius 2 is 2.00 bits per heavy atom. The Morgan fingerprint density at radius 1 is 1.25 bits per heavy atom. The molecule has 3 heteroatoms. The Labute approximate surface area is 121 Å². The van der Waals surface area contributed by atoms with Gasteiger partial charge in [0.05, 0.1) is 6.20 Å². The van der Waals surface area contributed by atoms with E-state index in [1.54, 1.807) is 0 Å². The van der Waals surface area contributed by atoms with Crippen molar-refractivity contribution >= 4 is 0 Å². The largest absolute Gasteiger partial charge is 0.303 e. The molecule has 1 aromatic heterocycles. The summed E-state index contributed by atoms with van der Waals surface area (Å²) in [6, 6.07) is 11.7. The lowest BCUT2D eigenvalue weighted by Crippen LogP contribution is -2.42. The van der Waals surface area contributed by atoms with Crippen molar-refractivity contribution in [1.29, 1.82) is 0 Å². The Kier molecular flexibility index (Phi) is 3.88. The van der Waals surface area contributed by atoms with Gasteiger partial charge in [-0.15, -0.1) is 0 Å².